The van der Waals surface area contributed by atoms with Gasteiger partial charge in [0.2, 0.25) is 0 Å². The molecular formula is C32H36F3N7O. The first kappa shape index (κ1) is 29.3. The van der Waals surface area contributed by atoms with Gasteiger partial charge in [-0.05, 0) is 66.8 Å². The average molecular weight is 592 g/mol. The number of aromatic nitrogens is 3. The number of anilines is 1. The van der Waals surface area contributed by atoms with Crippen molar-refractivity contribution in [2.75, 3.05) is 31.6 Å². The summed E-state index contributed by atoms with van der Waals surface area (Å²) in [5.74, 6) is 0.489. The minimum atomic E-state index is -4.59. The van der Waals surface area contributed by atoms with Gasteiger partial charge in [0.25, 0.3) is 5.91 Å². The molecule has 8 nitrogen and oxygen atoms in total. The van der Waals surface area contributed by atoms with Crippen molar-refractivity contribution in [3.63, 3.8) is 0 Å². The summed E-state index contributed by atoms with van der Waals surface area (Å²) in [6.45, 7) is 6.91. The molecule has 1 aromatic heterocycles. The van der Waals surface area contributed by atoms with Gasteiger partial charge in [0, 0.05) is 56.4 Å². The van der Waals surface area contributed by atoms with E-state index in [1.807, 2.05) is 29.8 Å². The van der Waals surface area contributed by atoms with Crippen molar-refractivity contribution in [3.05, 3.63) is 76.4 Å². The Morgan fingerprint density at radius 2 is 1.91 bits per heavy atom. The van der Waals surface area contributed by atoms with Crippen LogP contribution in [0.3, 0.4) is 0 Å². The van der Waals surface area contributed by atoms with E-state index in [2.05, 4.69) is 47.0 Å². The highest BCUT2D eigenvalue weighted by Crippen LogP contribution is 2.52. The maximum atomic E-state index is 14.5. The zero-order valence-electron chi connectivity index (χ0n) is 24.9. The van der Waals surface area contributed by atoms with Crippen molar-refractivity contribution in [3.8, 4) is 6.07 Å². The Morgan fingerprint density at radius 1 is 1.14 bits per heavy atom. The van der Waals surface area contributed by atoms with E-state index in [0.29, 0.717) is 36.6 Å². The predicted molar refractivity (Wildman–Crippen MR) is 155 cm³/mol. The maximum Gasteiger partial charge on any atom is 0.416 e. The van der Waals surface area contributed by atoms with Crippen LogP contribution in [0.15, 0.2) is 42.7 Å². The highest BCUT2D eigenvalue weighted by molar-refractivity contribution is 6.10. The number of likely N-dealkylation sites (N-methyl/N-ethyl adjacent to an activating group) is 1. The van der Waals surface area contributed by atoms with Crippen LogP contribution in [0.5, 0.6) is 0 Å². The van der Waals surface area contributed by atoms with Crippen LogP contribution in [0, 0.1) is 23.2 Å². The fourth-order valence-electron chi connectivity index (χ4n) is 7.18. The number of carbonyl (C=O) groups is 1. The Labute approximate surface area is 249 Å². The van der Waals surface area contributed by atoms with Gasteiger partial charge in [-0.3, -0.25) is 9.69 Å². The number of carbonyl (C=O) groups excluding carboxylic acids is 1. The number of rotatable bonds is 6. The topological polar surface area (TPSA) is 81.3 Å². The van der Waals surface area contributed by atoms with Crippen molar-refractivity contribution in [2.45, 2.75) is 57.4 Å². The summed E-state index contributed by atoms with van der Waals surface area (Å²) in [4.78, 5) is 19.8. The van der Waals surface area contributed by atoms with Gasteiger partial charge in [0.1, 0.15) is 12.2 Å². The van der Waals surface area contributed by atoms with Gasteiger partial charge in [0.15, 0.2) is 0 Å². The highest BCUT2D eigenvalue weighted by atomic mass is 19.4. The summed E-state index contributed by atoms with van der Waals surface area (Å²) in [6, 6.07) is 12.8. The van der Waals surface area contributed by atoms with E-state index < -0.39 is 23.1 Å². The van der Waals surface area contributed by atoms with Crippen molar-refractivity contribution in [1.82, 2.24) is 24.6 Å². The minimum Gasteiger partial charge on any atom is -0.320 e. The predicted octanol–water partition coefficient (Wildman–Crippen LogP) is 4.99. The van der Waals surface area contributed by atoms with Crippen molar-refractivity contribution in [1.29, 1.82) is 5.26 Å². The molecule has 2 fully saturated rings. The fraction of sp³-hybridized carbons (Fsp3) is 0.500. The standard InChI is InChI=1S/C32H36F3N7O/c1-20(2)28-18-39(3)8-9-41(28)16-21-10-25-26(27(11-21)32(33,34)35)17-42(29(25)43)24-7-5-6-23(12-24)31(13-22(14-31)15-36)30-38-37-19-40(30)4/h5-7,10-12,19-20,22,28H,8-9,13-14,16-18H2,1-4H3/t22-,28-,31-/m1/s1. The van der Waals surface area contributed by atoms with Crippen LogP contribution >= 0.6 is 0 Å². The van der Waals surface area contributed by atoms with Gasteiger partial charge in [-0.25, -0.2) is 0 Å². The Bertz CT molecular complexity index is 1580. The lowest BCUT2D eigenvalue weighted by Gasteiger charge is -2.44. The number of nitriles is 1. The molecule has 1 atom stereocenters. The van der Waals surface area contributed by atoms with Crippen LogP contribution in [0.25, 0.3) is 0 Å². The molecule has 0 spiro atoms. The summed E-state index contributed by atoms with van der Waals surface area (Å²) < 4.78 is 45.2. The Kier molecular flexibility index (Phi) is 7.33. The molecule has 0 bridgehead atoms. The molecule has 43 heavy (non-hydrogen) atoms. The number of halogens is 3. The maximum absolute atomic E-state index is 14.5. The second kappa shape index (κ2) is 10.8. The minimum absolute atomic E-state index is 0.0154. The van der Waals surface area contributed by atoms with Gasteiger partial charge in [-0.1, -0.05) is 26.0 Å². The van der Waals surface area contributed by atoms with Crippen molar-refractivity contribution in [2.24, 2.45) is 18.9 Å². The summed E-state index contributed by atoms with van der Waals surface area (Å²) in [5, 5.41) is 17.9. The molecule has 3 heterocycles. The number of aryl methyl sites for hydroxylation is 1. The smallest absolute Gasteiger partial charge is 0.320 e. The molecule has 1 aliphatic carbocycles. The second-order valence-electron chi connectivity index (χ2n) is 12.7. The summed E-state index contributed by atoms with van der Waals surface area (Å²) in [6.07, 6.45) is -1.87. The van der Waals surface area contributed by atoms with E-state index in [1.165, 1.54) is 11.0 Å². The van der Waals surface area contributed by atoms with E-state index in [-0.39, 0.29) is 29.6 Å². The molecule has 1 amide bonds. The summed E-state index contributed by atoms with van der Waals surface area (Å²) in [7, 11) is 3.91. The Morgan fingerprint density at radius 3 is 2.56 bits per heavy atom. The Balaban J connectivity index is 1.34. The van der Waals surface area contributed by atoms with Crippen molar-refractivity contribution < 1.29 is 18.0 Å². The quantitative estimate of drug-likeness (QED) is 0.402. The van der Waals surface area contributed by atoms with Gasteiger partial charge in [-0.2, -0.15) is 18.4 Å². The molecule has 3 aliphatic rings. The van der Waals surface area contributed by atoms with Gasteiger partial charge in [0.05, 0.1) is 23.6 Å². The number of benzene rings is 2. The summed E-state index contributed by atoms with van der Waals surface area (Å²) >= 11 is 0. The number of piperazine rings is 1. The van der Waals surface area contributed by atoms with Crippen LogP contribution < -0.4 is 4.90 Å². The fourth-order valence-corrected chi connectivity index (χ4v) is 7.18. The largest absolute Gasteiger partial charge is 0.416 e. The summed E-state index contributed by atoms with van der Waals surface area (Å²) in [5.41, 5.74) is 0.717. The number of alkyl halides is 3. The SMILES string of the molecule is CC(C)[C@H]1CN(C)CCN1Cc1cc2c(c(C(F)(F)F)c1)CN(c1cccc([C@]3(c4nncn4C)C[C@H](C#N)C3)c1)C2=O. The lowest BCUT2D eigenvalue weighted by molar-refractivity contribution is -0.138. The zero-order valence-corrected chi connectivity index (χ0v) is 24.9. The van der Waals surface area contributed by atoms with Gasteiger partial charge >= 0.3 is 6.18 Å². The molecule has 226 valence electrons. The molecule has 1 saturated heterocycles. The Hall–Kier alpha value is -3.75. The molecule has 0 unspecified atom stereocenters. The second-order valence-corrected chi connectivity index (χ2v) is 12.7. The van der Waals surface area contributed by atoms with Gasteiger partial charge < -0.3 is 14.4 Å². The lowest BCUT2D eigenvalue weighted by Crippen LogP contribution is -2.53. The molecule has 3 aromatic rings. The monoisotopic (exact) mass is 591 g/mol. The molecule has 0 radical (unpaired) electrons. The van der Waals surface area contributed by atoms with E-state index in [0.717, 1.165) is 31.0 Å². The van der Waals surface area contributed by atoms with Crippen LogP contribution in [0.2, 0.25) is 0 Å². The van der Waals surface area contributed by atoms with Crippen molar-refractivity contribution >= 4 is 11.6 Å². The molecule has 2 aromatic carbocycles. The molecule has 2 aliphatic heterocycles. The number of fused-ring (bicyclic) bond motifs is 1. The molecule has 0 N–H and O–H groups in total. The third-order valence-electron chi connectivity index (χ3n) is 9.52. The lowest BCUT2D eigenvalue weighted by atomic mass is 9.58. The van der Waals surface area contributed by atoms with E-state index in [4.69, 9.17) is 0 Å². The average Bonchev–Trinajstić information content (AvgIpc) is 3.51. The zero-order chi connectivity index (χ0) is 30.7. The third kappa shape index (κ3) is 5.10. The number of amides is 1. The normalized spacial score (nSPS) is 24.7. The molecule has 11 heteroatoms. The molecular weight excluding hydrogens is 555 g/mol. The first-order valence-corrected chi connectivity index (χ1v) is 14.7. The van der Waals surface area contributed by atoms with Crippen LogP contribution in [-0.2, 0) is 31.7 Å². The first-order chi connectivity index (χ1) is 20.4. The number of hydrogen-bond donors (Lipinski definition) is 0. The van der Waals surface area contributed by atoms with E-state index >= 15 is 0 Å². The number of nitrogens with zero attached hydrogens (tertiary/aromatic N) is 7. The first-order valence-electron chi connectivity index (χ1n) is 14.7. The highest BCUT2D eigenvalue weighted by Gasteiger charge is 2.50. The van der Waals surface area contributed by atoms with E-state index in [1.54, 1.807) is 18.5 Å². The van der Waals surface area contributed by atoms with Crippen LogP contribution in [0.1, 0.15) is 65.1 Å². The van der Waals surface area contributed by atoms with E-state index in [9.17, 15) is 23.2 Å². The molecule has 6 rings (SSSR count). The van der Waals surface area contributed by atoms with Crippen LogP contribution in [-0.4, -0.2) is 63.2 Å². The van der Waals surface area contributed by atoms with Gasteiger partial charge in [-0.15, -0.1) is 10.2 Å². The molecule has 1 saturated carbocycles. The third-order valence-corrected chi connectivity index (χ3v) is 9.52. The number of hydrogen-bond acceptors (Lipinski definition) is 6. The van der Waals surface area contributed by atoms with Crippen LogP contribution in [0.4, 0.5) is 18.9 Å².